The lowest BCUT2D eigenvalue weighted by molar-refractivity contribution is 0.210. The van der Waals surface area contributed by atoms with Gasteiger partial charge >= 0.3 is 0 Å². The Labute approximate surface area is 123 Å². The molecule has 0 atom stereocenters. The van der Waals surface area contributed by atoms with E-state index in [2.05, 4.69) is 61.3 Å². The number of hydrogen-bond acceptors (Lipinski definition) is 4. The van der Waals surface area contributed by atoms with Gasteiger partial charge in [0.05, 0.1) is 12.2 Å². The Bertz CT molecular complexity index is 359. The second-order valence-corrected chi connectivity index (χ2v) is 6.13. The van der Waals surface area contributed by atoms with E-state index in [4.69, 9.17) is 0 Å². The molecule has 0 bridgehead atoms. The third-order valence-corrected chi connectivity index (χ3v) is 3.30. The number of nitrogens with zero attached hydrogens (tertiary/aromatic N) is 4. The van der Waals surface area contributed by atoms with E-state index in [1.54, 1.807) is 0 Å². The summed E-state index contributed by atoms with van der Waals surface area (Å²) in [6.45, 7) is 16.1. The van der Waals surface area contributed by atoms with Gasteiger partial charge in [-0.25, -0.2) is 0 Å². The van der Waals surface area contributed by atoms with Crippen LogP contribution in [0.25, 0.3) is 0 Å². The van der Waals surface area contributed by atoms with Crippen LogP contribution in [0.3, 0.4) is 0 Å². The van der Waals surface area contributed by atoms with Gasteiger partial charge in [-0.1, -0.05) is 26.0 Å². The van der Waals surface area contributed by atoms with Gasteiger partial charge < -0.3 is 5.32 Å². The van der Waals surface area contributed by atoms with Gasteiger partial charge in [0.25, 0.3) is 0 Å². The van der Waals surface area contributed by atoms with E-state index in [9.17, 15) is 0 Å². The molecule has 0 radical (unpaired) electrons. The van der Waals surface area contributed by atoms with Gasteiger partial charge in [-0.15, -0.1) is 5.10 Å². The fraction of sp³-hybridized carbons (Fsp3) is 0.867. The summed E-state index contributed by atoms with van der Waals surface area (Å²) in [5.41, 5.74) is 1.03. The zero-order valence-corrected chi connectivity index (χ0v) is 13.8. The van der Waals surface area contributed by atoms with Gasteiger partial charge in [0, 0.05) is 25.3 Å². The highest BCUT2D eigenvalue weighted by Crippen LogP contribution is 2.01. The minimum absolute atomic E-state index is 0.589. The Morgan fingerprint density at radius 2 is 2.00 bits per heavy atom. The molecule has 0 aliphatic carbocycles. The third kappa shape index (κ3) is 6.48. The predicted molar refractivity (Wildman–Crippen MR) is 83.6 cm³/mol. The molecule has 0 saturated carbocycles. The maximum Gasteiger partial charge on any atom is 0.0964 e. The van der Waals surface area contributed by atoms with Crippen LogP contribution in [-0.4, -0.2) is 45.6 Å². The highest BCUT2D eigenvalue weighted by atomic mass is 15.4. The largest absolute Gasteiger partial charge is 0.311 e. The molecule has 0 aliphatic heterocycles. The molecule has 5 nitrogen and oxygen atoms in total. The number of nitrogens with one attached hydrogen (secondary N) is 1. The molecule has 0 fully saturated rings. The highest BCUT2D eigenvalue weighted by molar-refractivity contribution is 4.91. The maximum absolute atomic E-state index is 4.21. The van der Waals surface area contributed by atoms with Gasteiger partial charge in [-0.3, -0.25) is 9.58 Å². The molecule has 0 aliphatic rings. The van der Waals surface area contributed by atoms with E-state index in [0.29, 0.717) is 12.0 Å². The lowest BCUT2D eigenvalue weighted by Crippen LogP contribution is -2.34. The summed E-state index contributed by atoms with van der Waals surface area (Å²) in [5, 5.41) is 11.8. The van der Waals surface area contributed by atoms with E-state index in [-0.39, 0.29) is 0 Å². The molecule has 20 heavy (non-hydrogen) atoms. The Hall–Kier alpha value is -0.940. The van der Waals surface area contributed by atoms with Crippen molar-refractivity contribution in [2.75, 3.05) is 19.6 Å². The topological polar surface area (TPSA) is 46.0 Å². The maximum atomic E-state index is 4.21. The standard InChI is InChI=1S/C15H31N5/c1-6-7-19(14(4)5)8-9-20-12-15(17-18-20)11-16-10-13(2)3/h12-14,16H,6-11H2,1-5H3. The van der Waals surface area contributed by atoms with E-state index < -0.39 is 0 Å². The molecule has 1 aromatic heterocycles. The van der Waals surface area contributed by atoms with Crippen molar-refractivity contribution in [2.24, 2.45) is 5.92 Å². The molecule has 1 heterocycles. The fourth-order valence-electron chi connectivity index (χ4n) is 2.16. The van der Waals surface area contributed by atoms with Crippen molar-refractivity contribution < 1.29 is 0 Å². The van der Waals surface area contributed by atoms with Crippen LogP contribution >= 0.6 is 0 Å². The van der Waals surface area contributed by atoms with Crippen LogP contribution in [0.15, 0.2) is 6.20 Å². The number of aromatic nitrogens is 3. The molecule has 0 amide bonds. The summed E-state index contributed by atoms with van der Waals surface area (Å²) in [6, 6.07) is 0.589. The Balaban J connectivity index is 2.35. The summed E-state index contributed by atoms with van der Waals surface area (Å²) in [6.07, 6.45) is 3.25. The molecule has 116 valence electrons. The molecular weight excluding hydrogens is 250 g/mol. The van der Waals surface area contributed by atoms with Crippen molar-refractivity contribution in [1.29, 1.82) is 0 Å². The van der Waals surface area contributed by atoms with Crippen LogP contribution in [0.4, 0.5) is 0 Å². The average molecular weight is 281 g/mol. The van der Waals surface area contributed by atoms with Gasteiger partial charge in [-0.2, -0.15) is 0 Å². The molecule has 1 N–H and O–H groups in total. The SMILES string of the molecule is CCCN(CCn1cc(CNCC(C)C)nn1)C(C)C. The molecule has 1 rings (SSSR count). The molecule has 1 aromatic rings. The van der Waals surface area contributed by atoms with Gasteiger partial charge in [0.2, 0.25) is 0 Å². The first-order chi connectivity index (χ1) is 9.52. The van der Waals surface area contributed by atoms with E-state index in [1.807, 2.05) is 4.68 Å². The molecule has 0 aromatic carbocycles. The fourth-order valence-corrected chi connectivity index (χ4v) is 2.16. The molecule has 0 spiro atoms. The summed E-state index contributed by atoms with van der Waals surface area (Å²) in [5.74, 6) is 0.665. The van der Waals surface area contributed by atoms with E-state index in [1.165, 1.54) is 6.42 Å². The van der Waals surface area contributed by atoms with Crippen LogP contribution in [0.5, 0.6) is 0 Å². The first kappa shape index (κ1) is 17.1. The minimum atomic E-state index is 0.589. The zero-order valence-electron chi connectivity index (χ0n) is 13.8. The molecule has 0 unspecified atom stereocenters. The second-order valence-electron chi connectivity index (χ2n) is 6.13. The highest BCUT2D eigenvalue weighted by Gasteiger charge is 2.09. The molecule has 5 heteroatoms. The summed E-state index contributed by atoms with van der Waals surface area (Å²) >= 11 is 0. The van der Waals surface area contributed by atoms with Crippen LogP contribution < -0.4 is 5.32 Å². The number of hydrogen-bond donors (Lipinski definition) is 1. The smallest absolute Gasteiger partial charge is 0.0964 e. The normalized spacial score (nSPS) is 12.0. The van der Waals surface area contributed by atoms with Crippen LogP contribution in [-0.2, 0) is 13.1 Å². The van der Waals surface area contributed by atoms with Crippen molar-refractivity contribution in [1.82, 2.24) is 25.2 Å². The predicted octanol–water partition coefficient (Wildman–Crippen LogP) is 2.14. The quantitative estimate of drug-likeness (QED) is 0.714. The Morgan fingerprint density at radius 3 is 2.60 bits per heavy atom. The summed E-state index contributed by atoms with van der Waals surface area (Å²) in [4.78, 5) is 2.48. The molecule has 0 saturated heterocycles. The second kappa shape index (κ2) is 9.08. The van der Waals surface area contributed by atoms with Gasteiger partial charge in [-0.05, 0) is 39.3 Å². The van der Waals surface area contributed by atoms with Gasteiger partial charge in [0.1, 0.15) is 0 Å². The third-order valence-electron chi connectivity index (χ3n) is 3.30. The van der Waals surface area contributed by atoms with Crippen LogP contribution in [0, 0.1) is 5.92 Å². The summed E-state index contributed by atoms with van der Waals surface area (Å²) < 4.78 is 1.96. The van der Waals surface area contributed by atoms with Crippen molar-refractivity contribution in [3.8, 4) is 0 Å². The summed E-state index contributed by atoms with van der Waals surface area (Å²) in [7, 11) is 0. The van der Waals surface area contributed by atoms with Crippen molar-refractivity contribution in [3.63, 3.8) is 0 Å². The zero-order chi connectivity index (χ0) is 15.0. The van der Waals surface area contributed by atoms with Gasteiger partial charge in [0.15, 0.2) is 0 Å². The van der Waals surface area contributed by atoms with Crippen molar-refractivity contribution >= 4 is 0 Å². The van der Waals surface area contributed by atoms with Crippen LogP contribution in [0.1, 0.15) is 46.7 Å². The van der Waals surface area contributed by atoms with Crippen molar-refractivity contribution in [3.05, 3.63) is 11.9 Å². The van der Waals surface area contributed by atoms with Crippen LogP contribution in [0.2, 0.25) is 0 Å². The lowest BCUT2D eigenvalue weighted by Gasteiger charge is -2.25. The number of rotatable bonds is 10. The lowest BCUT2D eigenvalue weighted by atomic mass is 10.2. The van der Waals surface area contributed by atoms with E-state index >= 15 is 0 Å². The minimum Gasteiger partial charge on any atom is -0.311 e. The Kier molecular flexibility index (Phi) is 7.77. The molecular formula is C15H31N5. The van der Waals surface area contributed by atoms with E-state index in [0.717, 1.165) is 38.4 Å². The Morgan fingerprint density at radius 1 is 1.25 bits per heavy atom. The first-order valence-electron chi connectivity index (χ1n) is 7.86. The first-order valence-corrected chi connectivity index (χ1v) is 7.86. The van der Waals surface area contributed by atoms with Crippen molar-refractivity contribution in [2.45, 2.75) is 60.2 Å². The monoisotopic (exact) mass is 281 g/mol. The average Bonchev–Trinajstić information content (AvgIpc) is 2.81.